The molecule has 1 aromatic rings. The quantitative estimate of drug-likeness (QED) is 0.856. The SMILES string of the molecule is CCC1CN(C)CCCN1S(=O)(=O)Cc1ccccc1N. The summed E-state index contributed by atoms with van der Waals surface area (Å²) in [5, 5.41) is 0. The molecule has 21 heavy (non-hydrogen) atoms. The summed E-state index contributed by atoms with van der Waals surface area (Å²) in [7, 11) is -1.29. The first-order valence-electron chi connectivity index (χ1n) is 7.45. The van der Waals surface area contributed by atoms with Crippen LogP contribution in [0.4, 0.5) is 5.69 Å². The van der Waals surface area contributed by atoms with Crippen molar-refractivity contribution in [3.05, 3.63) is 29.8 Å². The maximum absolute atomic E-state index is 12.8. The van der Waals surface area contributed by atoms with Crippen LogP contribution in [0.3, 0.4) is 0 Å². The zero-order chi connectivity index (χ0) is 15.5. The molecular weight excluding hydrogens is 286 g/mol. The summed E-state index contributed by atoms with van der Waals surface area (Å²) in [5.74, 6) is -0.0140. The topological polar surface area (TPSA) is 66.6 Å². The van der Waals surface area contributed by atoms with E-state index in [2.05, 4.69) is 4.90 Å². The largest absolute Gasteiger partial charge is 0.398 e. The van der Waals surface area contributed by atoms with Crippen LogP contribution in [0, 0.1) is 0 Å². The third-order valence-electron chi connectivity index (χ3n) is 4.07. The lowest BCUT2D eigenvalue weighted by molar-refractivity contribution is 0.270. The average molecular weight is 311 g/mol. The van der Waals surface area contributed by atoms with Crippen LogP contribution in [0.25, 0.3) is 0 Å². The smallest absolute Gasteiger partial charge is 0.218 e. The molecule has 0 aliphatic carbocycles. The maximum Gasteiger partial charge on any atom is 0.218 e. The van der Waals surface area contributed by atoms with Crippen molar-refractivity contribution in [3.8, 4) is 0 Å². The van der Waals surface area contributed by atoms with Gasteiger partial charge >= 0.3 is 0 Å². The molecule has 1 unspecified atom stereocenters. The zero-order valence-electron chi connectivity index (χ0n) is 12.8. The monoisotopic (exact) mass is 311 g/mol. The zero-order valence-corrected chi connectivity index (χ0v) is 13.6. The first kappa shape index (κ1) is 16.3. The normalized spacial score (nSPS) is 22.1. The first-order valence-corrected chi connectivity index (χ1v) is 9.06. The van der Waals surface area contributed by atoms with Crippen molar-refractivity contribution in [2.45, 2.75) is 31.6 Å². The van der Waals surface area contributed by atoms with Crippen LogP contribution < -0.4 is 5.73 Å². The summed E-state index contributed by atoms with van der Waals surface area (Å²) in [6.07, 6.45) is 1.70. The molecule has 0 amide bonds. The minimum atomic E-state index is -3.34. The second kappa shape index (κ2) is 6.77. The number of likely N-dealkylation sites (N-methyl/N-ethyl adjacent to an activating group) is 1. The fraction of sp³-hybridized carbons (Fsp3) is 0.600. The number of benzene rings is 1. The number of hydrogen-bond donors (Lipinski definition) is 1. The molecule has 0 spiro atoms. The molecule has 0 saturated carbocycles. The molecule has 0 bridgehead atoms. The number of hydrogen-bond acceptors (Lipinski definition) is 4. The van der Waals surface area contributed by atoms with Crippen LogP contribution in [-0.4, -0.2) is 50.3 Å². The number of nitrogens with zero attached hydrogens (tertiary/aromatic N) is 2. The van der Waals surface area contributed by atoms with E-state index in [0.29, 0.717) is 17.8 Å². The van der Waals surface area contributed by atoms with Crippen LogP contribution in [-0.2, 0) is 15.8 Å². The number of nitrogen functional groups attached to an aromatic ring is 1. The number of rotatable bonds is 4. The van der Waals surface area contributed by atoms with Crippen molar-refractivity contribution >= 4 is 15.7 Å². The third kappa shape index (κ3) is 3.96. The fourth-order valence-corrected chi connectivity index (χ4v) is 4.76. The van der Waals surface area contributed by atoms with Gasteiger partial charge in [0, 0.05) is 24.8 Å². The van der Waals surface area contributed by atoms with Gasteiger partial charge in [0.05, 0.1) is 5.75 Å². The molecule has 5 nitrogen and oxygen atoms in total. The van der Waals surface area contributed by atoms with Gasteiger partial charge < -0.3 is 10.6 Å². The summed E-state index contributed by atoms with van der Waals surface area (Å²) >= 11 is 0. The van der Waals surface area contributed by atoms with Crippen molar-refractivity contribution < 1.29 is 8.42 Å². The Hall–Kier alpha value is -1.11. The average Bonchev–Trinajstić information content (AvgIpc) is 2.63. The van der Waals surface area contributed by atoms with Gasteiger partial charge in [0.25, 0.3) is 0 Å². The van der Waals surface area contributed by atoms with Crippen LogP contribution in [0.2, 0.25) is 0 Å². The van der Waals surface area contributed by atoms with Gasteiger partial charge in [-0.05, 0) is 38.1 Å². The molecule has 1 fully saturated rings. The van der Waals surface area contributed by atoms with Gasteiger partial charge in [-0.25, -0.2) is 8.42 Å². The van der Waals surface area contributed by atoms with Crippen LogP contribution in [0.1, 0.15) is 25.3 Å². The number of nitrogens with two attached hydrogens (primary N) is 1. The Balaban J connectivity index is 2.23. The molecule has 0 radical (unpaired) electrons. The number of anilines is 1. The van der Waals surface area contributed by atoms with E-state index in [1.807, 2.05) is 26.1 Å². The summed E-state index contributed by atoms with van der Waals surface area (Å²) < 4.78 is 27.3. The lowest BCUT2D eigenvalue weighted by Gasteiger charge is -2.29. The standard InChI is InChI=1S/C15H25N3O2S/c1-3-14-11-17(2)9-6-10-18(14)21(19,20)12-13-7-4-5-8-15(13)16/h4-5,7-8,14H,3,6,9-12,16H2,1-2H3. The van der Waals surface area contributed by atoms with Crippen molar-refractivity contribution in [3.63, 3.8) is 0 Å². The molecule has 6 heteroatoms. The van der Waals surface area contributed by atoms with Gasteiger partial charge in [-0.3, -0.25) is 0 Å². The van der Waals surface area contributed by atoms with E-state index in [0.717, 1.165) is 25.9 Å². The molecule has 1 aliphatic heterocycles. The van der Waals surface area contributed by atoms with Crippen molar-refractivity contribution in [1.29, 1.82) is 0 Å². The Kier molecular flexibility index (Phi) is 5.24. The Labute approximate surface area is 127 Å². The van der Waals surface area contributed by atoms with Crippen molar-refractivity contribution in [2.24, 2.45) is 0 Å². The fourth-order valence-electron chi connectivity index (χ4n) is 2.87. The van der Waals surface area contributed by atoms with Crippen LogP contribution >= 0.6 is 0 Å². The molecule has 2 N–H and O–H groups in total. The lowest BCUT2D eigenvalue weighted by atomic mass is 10.2. The van der Waals surface area contributed by atoms with Crippen LogP contribution in [0.5, 0.6) is 0 Å². The lowest BCUT2D eigenvalue weighted by Crippen LogP contribution is -2.44. The Bertz CT molecular complexity index is 574. The summed E-state index contributed by atoms with van der Waals surface area (Å²) in [5.41, 5.74) is 7.11. The number of sulfonamides is 1. The van der Waals surface area contributed by atoms with Gasteiger partial charge in [0.1, 0.15) is 0 Å². The molecule has 2 rings (SSSR count). The molecule has 0 aromatic heterocycles. The van der Waals surface area contributed by atoms with Gasteiger partial charge in [-0.15, -0.1) is 0 Å². The van der Waals surface area contributed by atoms with Gasteiger partial charge in [0.15, 0.2) is 0 Å². The second-order valence-corrected chi connectivity index (χ2v) is 7.67. The van der Waals surface area contributed by atoms with E-state index in [-0.39, 0.29) is 11.8 Å². The Morgan fingerprint density at radius 3 is 2.67 bits per heavy atom. The molecular formula is C15H25N3O2S. The minimum absolute atomic E-state index is 0.0140. The highest BCUT2D eigenvalue weighted by molar-refractivity contribution is 7.88. The van der Waals surface area contributed by atoms with Crippen molar-refractivity contribution in [2.75, 3.05) is 32.4 Å². The van der Waals surface area contributed by atoms with Gasteiger partial charge in [0.2, 0.25) is 10.0 Å². The Morgan fingerprint density at radius 1 is 1.29 bits per heavy atom. The van der Waals surface area contributed by atoms with E-state index in [1.54, 1.807) is 16.4 Å². The highest BCUT2D eigenvalue weighted by Crippen LogP contribution is 2.22. The summed E-state index contributed by atoms with van der Waals surface area (Å²) in [6, 6.07) is 7.24. The van der Waals surface area contributed by atoms with Gasteiger partial charge in [-0.2, -0.15) is 4.31 Å². The molecule has 1 atom stereocenters. The van der Waals surface area contributed by atoms with E-state index in [1.165, 1.54) is 0 Å². The molecule has 118 valence electrons. The van der Waals surface area contributed by atoms with E-state index in [9.17, 15) is 8.42 Å². The second-order valence-electron chi connectivity index (χ2n) is 5.74. The molecule has 1 aromatic carbocycles. The predicted molar refractivity (Wildman–Crippen MR) is 86.4 cm³/mol. The van der Waals surface area contributed by atoms with Crippen LogP contribution in [0.15, 0.2) is 24.3 Å². The number of para-hydroxylation sites is 1. The minimum Gasteiger partial charge on any atom is -0.398 e. The molecule has 1 aliphatic rings. The maximum atomic E-state index is 12.8. The van der Waals surface area contributed by atoms with Crippen molar-refractivity contribution in [1.82, 2.24) is 9.21 Å². The highest BCUT2D eigenvalue weighted by atomic mass is 32.2. The molecule has 1 heterocycles. The summed E-state index contributed by atoms with van der Waals surface area (Å²) in [4.78, 5) is 2.21. The molecule has 1 saturated heterocycles. The van der Waals surface area contributed by atoms with E-state index >= 15 is 0 Å². The predicted octanol–water partition coefficient (Wildman–Crippen LogP) is 1.51. The van der Waals surface area contributed by atoms with E-state index in [4.69, 9.17) is 5.73 Å². The summed E-state index contributed by atoms with van der Waals surface area (Å²) in [6.45, 7) is 4.37. The third-order valence-corrected chi connectivity index (χ3v) is 5.94. The Morgan fingerprint density at radius 2 is 2.00 bits per heavy atom. The van der Waals surface area contributed by atoms with E-state index < -0.39 is 10.0 Å². The highest BCUT2D eigenvalue weighted by Gasteiger charge is 2.31. The first-order chi connectivity index (χ1) is 9.94. The van der Waals surface area contributed by atoms with Gasteiger partial charge in [-0.1, -0.05) is 25.1 Å².